The highest BCUT2D eigenvalue weighted by Gasteiger charge is 2.08. The van der Waals surface area contributed by atoms with E-state index in [1.165, 1.54) is 5.56 Å². The smallest absolute Gasteiger partial charge is 0.130 e. The van der Waals surface area contributed by atoms with Gasteiger partial charge in [-0.05, 0) is 25.1 Å². The van der Waals surface area contributed by atoms with Gasteiger partial charge in [-0.3, -0.25) is 4.98 Å². The van der Waals surface area contributed by atoms with Crippen molar-refractivity contribution in [2.45, 2.75) is 46.4 Å². The molecule has 2 aromatic rings. The molecule has 0 amide bonds. The standard InChI is InChI=1S/C17H24N2O2/c1-13(2)19-11-15-10-17(21-14(15)3)12-20-9-7-16-6-4-5-8-18-16/h4-6,8,10,13,19H,7,9,11-12H2,1-3H3. The summed E-state index contributed by atoms with van der Waals surface area (Å²) in [4.78, 5) is 4.27. The number of nitrogens with one attached hydrogen (secondary N) is 1. The number of pyridine rings is 1. The fourth-order valence-electron chi connectivity index (χ4n) is 2.04. The molecule has 0 saturated heterocycles. The number of aromatic nitrogens is 1. The van der Waals surface area contributed by atoms with Crippen molar-refractivity contribution < 1.29 is 9.15 Å². The Morgan fingerprint density at radius 1 is 1.33 bits per heavy atom. The normalized spacial score (nSPS) is 11.2. The van der Waals surface area contributed by atoms with Crippen molar-refractivity contribution >= 4 is 0 Å². The summed E-state index contributed by atoms with van der Waals surface area (Å²) in [5.74, 6) is 1.85. The van der Waals surface area contributed by atoms with Crippen molar-refractivity contribution in [1.82, 2.24) is 10.3 Å². The summed E-state index contributed by atoms with van der Waals surface area (Å²) in [6.45, 7) is 8.26. The molecule has 0 radical (unpaired) electrons. The van der Waals surface area contributed by atoms with Gasteiger partial charge in [-0.2, -0.15) is 0 Å². The molecule has 0 atom stereocenters. The third-order valence-electron chi connectivity index (χ3n) is 3.25. The van der Waals surface area contributed by atoms with Gasteiger partial charge in [0.2, 0.25) is 0 Å². The third kappa shape index (κ3) is 5.33. The zero-order valence-electron chi connectivity index (χ0n) is 13.1. The van der Waals surface area contributed by atoms with Gasteiger partial charge in [-0.25, -0.2) is 0 Å². The van der Waals surface area contributed by atoms with Crippen LogP contribution in [0.25, 0.3) is 0 Å². The van der Waals surface area contributed by atoms with Crippen molar-refractivity contribution in [2.75, 3.05) is 6.61 Å². The summed E-state index contributed by atoms with van der Waals surface area (Å²) in [5, 5.41) is 3.40. The second-order valence-electron chi connectivity index (χ2n) is 5.45. The predicted octanol–water partition coefficient (Wildman–Crippen LogP) is 3.24. The molecule has 0 unspecified atom stereocenters. The molecular formula is C17H24N2O2. The summed E-state index contributed by atoms with van der Waals surface area (Å²) in [7, 11) is 0. The van der Waals surface area contributed by atoms with Crippen molar-refractivity contribution in [2.24, 2.45) is 0 Å². The summed E-state index contributed by atoms with van der Waals surface area (Å²) in [6.07, 6.45) is 2.63. The summed E-state index contributed by atoms with van der Waals surface area (Å²) in [5.41, 5.74) is 2.25. The van der Waals surface area contributed by atoms with Crippen LogP contribution in [0, 0.1) is 6.92 Å². The Morgan fingerprint density at radius 3 is 2.90 bits per heavy atom. The molecule has 2 rings (SSSR count). The van der Waals surface area contributed by atoms with Gasteiger partial charge in [-0.1, -0.05) is 19.9 Å². The van der Waals surface area contributed by atoms with Crippen LogP contribution in [0.2, 0.25) is 0 Å². The van der Waals surface area contributed by atoms with Crippen LogP contribution < -0.4 is 5.32 Å². The molecule has 114 valence electrons. The lowest BCUT2D eigenvalue weighted by Crippen LogP contribution is -2.21. The average Bonchev–Trinajstić information content (AvgIpc) is 2.83. The van der Waals surface area contributed by atoms with Crippen LogP contribution in [-0.4, -0.2) is 17.6 Å². The third-order valence-corrected chi connectivity index (χ3v) is 3.25. The van der Waals surface area contributed by atoms with Gasteiger partial charge >= 0.3 is 0 Å². The Balaban J connectivity index is 1.74. The van der Waals surface area contributed by atoms with Gasteiger partial charge < -0.3 is 14.5 Å². The Bertz CT molecular complexity index is 535. The highest BCUT2D eigenvalue weighted by atomic mass is 16.5. The molecule has 0 aromatic carbocycles. The number of aryl methyl sites for hydroxylation is 1. The van der Waals surface area contributed by atoms with Crippen LogP contribution in [0.4, 0.5) is 0 Å². The number of rotatable bonds is 8. The number of ether oxygens (including phenoxy) is 1. The van der Waals surface area contributed by atoms with E-state index >= 15 is 0 Å². The molecule has 0 bridgehead atoms. The maximum atomic E-state index is 5.72. The number of hydrogen-bond acceptors (Lipinski definition) is 4. The monoisotopic (exact) mass is 288 g/mol. The Hall–Kier alpha value is -1.65. The van der Waals surface area contributed by atoms with Crippen LogP contribution in [0.1, 0.15) is 36.6 Å². The topological polar surface area (TPSA) is 47.3 Å². The fraction of sp³-hybridized carbons (Fsp3) is 0.471. The van der Waals surface area contributed by atoms with Gasteiger partial charge in [0.15, 0.2) is 0 Å². The molecule has 1 N–H and O–H groups in total. The van der Waals surface area contributed by atoms with Crippen LogP contribution in [0.15, 0.2) is 34.9 Å². The van der Waals surface area contributed by atoms with Crippen LogP contribution in [0.3, 0.4) is 0 Å². The Labute approximate surface area is 126 Å². The number of hydrogen-bond donors (Lipinski definition) is 1. The molecule has 4 heteroatoms. The van der Waals surface area contributed by atoms with E-state index < -0.39 is 0 Å². The van der Waals surface area contributed by atoms with Crippen molar-refractivity contribution in [3.63, 3.8) is 0 Å². The van der Waals surface area contributed by atoms with Gasteiger partial charge in [0.25, 0.3) is 0 Å². The first-order valence-electron chi connectivity index (χ1n) is 7.44. The van der Waals surface area contributed by atoms with Gasteiger partial charge in [0.05, 0.1) is 6.61 Å². The predicted molar refractivity (Wildman–Crippen MR) is 83.0 cm³/mol. The molecule has 0 aliphatic heterocycles. The summed E-state index contributed by atoms with van der Waals surface area (Å²) in [6, 6.07) is 8.47. The maximum Gasteiger partial charge on any atom is 0.130 e. The molecule has 0 saturated carbocycles. The number of furan rings is 1. The maximum absolute atomic E-state index is 5.72. The minimum atomic E-state index is 0.470. The van der Waals surface area contributed by atoms with Crippen molar-refractivity contribution in [3.05, 3.63) is 53.2 Å². The second kappa shape index (κ2) is 7.96. The minimum absolute atomic E-state index is 0.470. The SMILES string of the molecule is Cc1oc(COCCc2ccccn2)cc1CNC(C)C. The van der Waals surface area contributed by atoms with Crippen LogP contribution >= 0.6 is 0 Å². The Kier molecular flexibility index (Phi) is 5.96. The quantitative estimate of drug-likeness (QED) is 0.758. The van der Waals surface area contributed by atoms with E-state index in [0.29, 0.717) is 19.3 Å². The van der Waals surface area contributed by atoms with Crippen molar-refractivity contribution in [3.8, 4) is 0 Å². The molecule has 2 aromatic heterocycles. The van der Waals surface area contributed by atoms with E-state index in [1.54, 1.807) is 6.20 Å². The lowest BCUT2D eigenvalue weighted by molar-refractivity contribution is 0.108. The molecule has 0 aliphatic rings. The first kappa shape index (κ1) is 15.7. The fourth-order valence-corrected chi connectivity index (χ4v) is 2.04. The van der Waals surface area contributed by atoms with E-state index in [-0.39, 0.29) is 0 Å². The molecule has 0 aliphatic carbocycles. The van der Waals surface area contributed by atoms with Gasteiger partial charge in [0.1, 0.15) is 18.1 Å². The van der Waals surface area contributed by atoms with E-state index in [4.69, 9.17) is 9.15 Å². The Morgan fingerprint density at radius 2 is 2.19 bits per heavy atom. The average molecular weight is 288 g/mol. The zero-order valence-corrected chi connectivity index (χ0v) is 13.1. The van der Waals surface area contributed by atoms with Crippen LogP contribution in [0.5, 0.6) is 0 Å². The van der Waals surface area contributed by atoms with E-state index in [1.807, 2.05) is 25.1 Å². The van der Waals surface area contributed by atoms with Crippen LogP contribution in [-0.2, 0) is 24.3 Å². The first-order valence-corrected chi connectivity index (χ1v) is 7.44. The zero-order chi connectivity index (χ0) is 15.1. The van der Waals surface area contributed by atoms with E-state index in [2.05, 4.69) is 30.2 Å². The highest BCUT2D eigenvalue weighted by molar-refractivity contribution is 5.20. The largest absolute Gasteiger partial charge is 0.464 e. The van der Waals surface area contributed by atoms with Gasteiger partial charge in [0, 0.05) is 36.5 Å². The molecule has 2 heterocycles. The van der Waals surface area contributed by atoms with E-state index in [9.17, 15) is 0 Å². The molecular weight excluding hydrogens is 264 g/mol. The minimum Gasteiger partial charge on any atom is -0.464 e. The summed E-state index contributed by atoms with van der Waals surface area (Å²) < 4.78 is 11.4. The first-order chi connectivity index (χ1) is 10.1. The molecule has 21 heavy (non-hydrogen) atoms. The lowest BCUT2D eigenvalue weighted by atomic mass is 10.2. The summed E-state index contributed by atoms with van der Waals surface area (Å²) >= 11 is 0. The van der Waals surface area contributed by atoms with Crippen molar-refractivity contribution in [1.29, 1.82) is 0 Å². The van der Waals surface area contributed by atoms with E-state index in [0.717, 1.165) is 30.2 Å². The highest BCUT2D eigenvalue weighted by Crippen LogP contribution is 2.15. The second-order valence-corrected chi connectivity index (χ2v) is 5.45. The lowest BCUT2D eigenvalue weighted by Gasteiger charge is -2.06. The number of nitrogens with zero attached hydrogens (tertiary/aromatic N) is 1. The molecule has 0 spiro atoms. The molecule has 0 fully saturated rings. The molecule has 4 nitrogen and oxygen atoms in total. The van der Waals surface area contributed by atoms with Gasteiger partial charge in [-0.15, -0.1) is 0 Å².